The lowest BCUT2D eigenvalue weighted by Gasteiger charge is -2.02. The van der Waals surface area contributed by atoms with E-state index < -0.39 is 0 Å². The Morgan fingerprint density at radius 1 is 1.33 bits per heavy atom. The first-order valence-electron chi connectivity index (χ1n) is 4.48. The Morgan fingerprint density at radius 3 is 2.60 bits per heavy atom. The molecule has 78 valence electrons. The van der Waals surface area contributed by atoms with Gasteiger partial charge in [-0.2, -0.15) is 0 Å². The lowest BCUT2D eigenvalue weighted by Crippen LogP contribution is -2.13. The number of hydrogen-bond donors (Lipinski definition) is 2. The first-order chi connectivity index (χ1) is 7.31. The molecule has 5 nitrogen and oxygen atoms in total. The molecule has 0 bridgehead atoms. The standard InChI is InChI=1S/C10H11N3O2/c11-15-7-8-1-3-9(4-2-8)13-6-5-12-10(13)14/h1-6H,7,11H2,(H,12,14). The fraction of sp³-hybridized carbons (Fsp3) is 0.100. The van der Waals surface area contributed by atoms with Crippen LogP contribution in [-0.2, 0) is 11.4 Å². The lowest BCUT2D eigenvalue weighted by molar-refractivity contribution is 0.124. The zero-order valence-corrected chi connectivity index (χ0v) is 8.01. The third kappa shape index (κ3) is 1.98. The van der Waals surface area contributed by atoms with Crippen LogP contribution < -0.4 is 11.6 Å². The maximum Gasteiger partial charge on any atom is 0.330 e. The Hall–Kier alpha value is -1.85. The van der Waals surface area contributed by atoms with E-state index in [-0.39, 0.29) is 5.69 Å². The summed E-state index contributed by atoms with van der Waals surface area (Å²) in [6, 6.07) is 7.40. The molecule has 0 fully saturated rings. The normalized spacial score (nSPS) is 10.5. The number of rotatable bonds is 3. The summed E-state index contributed by atoms with van der Waals surface area (Å²) >= 11 is 0. The van der Waals surface area contributed by atoms with Crippen molar-refractivity contribution in [1.82, 2.24) is 9.55 Å². The molecule has 0 aliphatic heterocycles. The lowest BCUT2D eigenvalue weighted by atomic mass is 10.2. The summed E-state index contributed by atoms with van der Waals surface area (Å²) in [4.78, 5) is 18.4. The third-order valence-electron chi connectivity index (χ3n) is 2.11. The fourth-order valence-corrected chi connectivity index (χ4v) is 1.37. The van der Waals surface area contributed by atoms with Crippen molar-refractivity contribution in [3.8, 4) is 5.69 Å². The number of benzene rings is 1. The van der Waals surface area contributed by atoms with Crippen LogP contribution in [0.2, 0.25) is 0 Å². The predicted molar refractivity (Wildman–Crippen MR) is 55.4 cm³/mol. The van der Waals surface area contributed by atoms with E-state index in [4.69, 9.17) is 5.90 Å². The van der Waals surface area contributed by atoms with Crippen LogP contribution in [0.25, 0.3) is 5.69 Å². The van der Waals surface area contributed by atoms with Gasteiger partial charge in [-0.25, -0.2) is 10.7 Å². The van der Waals surface area contributed by atoms with Gasteiger partial charge in [0.25, 0.3) is 0 Å². The number of imidazole rings is 1. The van der Waals surface area contributed by atoms with Gasteiger partial charge in [0, 0.05) is 12.4 Å². The van der Waals surface area contributed by atoms with Crippen molar-refractivity contribution < 1.29 is 4.84 Å². The van der Waals surface area contributed by atoms with E-state index in [1.54, 1.807) is 12.4 Å². The van der Waals surface area contributed by atoms with Crippen molar-refractivity contribution in [2.45, 2.75) is 6.61 Å². The van der Waals surface area contributed by atoms with E-state index in [1.807, 2.05) is 24.3 Å². The second-order valence-electron chi connectivity index (χ2n) is 3.11. The molecule has 3 N–H and O–H groups in total. The SMILES string of the molecule is NOCc1ccc(-n2cc[nH]c2=O)cc1. The van der Waals surface area contributed by atoms with E-state index in [0.29, 0.717) is 6.61 Å². The first kappa shape index (κ1) is 9.70. The van der Waals surface area contributed by atoms with Crippen LogP contribution in [-0.4, -0.2) is 9.55 Å². The molecular weight excluding hydrogens is 194 g/mol. The van der Waals surface area contributed by atoms with E-state index in [1.165, 1.54) is 4.57 Å². The highest BCUT2D eigenvalue weighted by molar-refractivity contribution is 5.34. The summed E-state index contributed by atoms with van der Waals surface area (Å²) < 4.78 is 1.52. The molecule has 2 rings (SSSR count). The van der Waals surface area contributed by atoms with Crippen LogP contribution in [0.4, 0.5) is 0 Å². The van der Waals surface area contributed by atoms with Crippen molar-refractivity contribution >= 4 is 0 Å². The summed E-state index contributed by atoms with van der Waals surface area (Å²) in [5, 5.41) is 0. The molecule has 0 spiro atoms. The molecule has 1 aromatic heterocycles. The number of aromatic amines is 1. The van der Waals surface area contributed by atoms with E-state index in [9.17, 15) is 4.79 Å². The smallest absolute Gasteiger partial charge is 0.312 e. The largest absolute Gasteiger partial charge is 0.330 e. The number of nitrogens with zero attached hydrogens (tertiary/aromatic N) is 1. The average Bonchev–Trinajstić information content (AvgIpc) is 2.66. The van der Waals surface area contributed by atoms with Crippen LogP contribution in [0, 0.1) is 0 Å². The topological polar surface area (TPSA) is 73.0 Å². The predicted octanol–water partition coefficient (Wildman–Crippen LogP) is 0.556. The van der Waals surface area contributed by atoms with Crippen LogP contribution in [0.5, 0.6) is 0 Å². The minimum Gasteiger partial charge on any atom is -0.312 e. The number of H-pyrrole nitrogens is 1. The van der Waals surface area contributed by atoms with Gasteiger partial charge in [0.15, 0.2) is 0 Å². The number of nitrogens with two attached hydrogens (primary N) is 1. The van der Waals surface area contributed by atoms with Gasteiger partial charge < -0.3 is 4.98 Å². The van der Waals surface area contributed by atoms with Crippen LogP contribution >= 0.6 is 0 Å². The molecule has 5 heteroatoms. The number of hydrogen-bond acceptors (Lipinski definition) is 3. The number of nitrogens with one attached hydrogen (secondary N) is 1. The van der Waals surface area contributed by atoms with Crippen molar-refractivity contribution in [2.75, 3.05) is 0 Å². The Labute approximate surface area is 86.1 Å². The quantitative estimate of drug-likeness (QED) is 0.719. The fourth-order valence-electron chi connectivity index (χ4n) is 1.37. The maximum absolute atomic E-state index is 11.3. The van der Waals surface area contributed by atoms with E-state index >= 15 is 0 Å². The van der Waals surface area contributed by atoms with Gasteiger partial charge in [-0.05, 0) is 17.7 Å². The second kappa shape index (κ2) is 4.12. The van der Waals surface area contributed by atoms with Crippen LogP contribution in [0.1, 0.15) is 5.56 Å². The molecule has 0 radical (unpaired) electrons. The molecule has 1 aromatic carbocycles. The van der Waals surface area contributed by atoms with Gasteiger partial charge in [0.2, 0.25) is 0 Å². The summed E-state index contributed by atoms with van der Waals surface area (Å²) in [5.41, 5.74) is 1.62. The molecule has 0 aliphatic rings. The van der Waals surface area contributed by atoms with Crippen molar-refractivity contribution in [2.24, 2.45) is 5.90 Å². The van der Waals surface area contributed by atoms with Gasteiger partial charge in [-0.3, -0.25) is 9.40 Å². The van der Waals surface area contributed by atoms with E-state index in [2.05, 4.69) is 9.82 Å². The van der Waals surface area contributed by atoms with Gasteiger partial charge in [0.05, 0.1) is 12.3 Å². The highest BCUT2D eigenvalue weighted by Gasteiger charge is 1.99. The Balaban J connectivity index is 2.32. The summed E-state index contributed by atoms with van der Waals surface area (Å²) in [5.74, 6) is 4.96. The van der Waals surface area contributed by atoms with Crippen molar-refractivity contribution in [3.05, 3.63) is 52.7 Å². The molecule has 0 saturated carbocycles. The Morgan fingerprint density at radius 2 is 2.07 bits per heavy atom. The monoisotopic (exact) mass is 205 g/mol. The minimum absolute atomic E-state index is 0.155. The molecule has 0 unspecified atom stereocenters. The average molecular weight is 205 g/mol. The molecule has 2 aromatic rings. The summed E-state index contributed by atoms with van der Waals surface area (Å²) in [7, 11) is 0. The highest BCUT2D eigenvalue weighted by Crippen LogP contribution is 2.07. The molecule has 0 atom stereocenters. The second-order valence-corrected chi connectivity index (χ2v) is 3.11. The molecule has 0 amide bonds. The van der Waals surface area contributed by atoms with Crippen molar-refractivity contribution in [3.63, 3.8) is 0 Å². The highest BCUT2D eigenvalue weighted by atomic mass is 16.6. The molecule has 15 heavy (non-hydrogen) atoms. The van der Waals surface area contributed by atoms with Gasteiger partial charge in [-0.1, -0.05) is 12.1 Å². The molecule has 0 saturated heterocycles. The van der Waals surface area contributed by atoms with Crippen LogP contribution in [0.15, 0.2) is 41.5 Å². The summed E-state index contributed by atoms with van der Waals surface area (Å²) in [6.07, 6.45) is 3.27. The van der Waals surface area contributed by atoms with Gasteiger partial charge >= 0.3 is 5.69 Å². The Bertz CT molecular complexity index is 484. The van der Waals surface area contributed by atoms with Crippen LogP contribution in [0.3, 0.4) is 0 Å². The van der Waals surface area contributed by atoms with Crippen molar-refractivity contribution in [1.29, 1.82) is 0 Å². The first-order valence-corrected chi connectivity index (χ1v) is 4.48. The maximum atomic E-state index is 11.3. The zero-order chi connectivity index (χ0) is 10.7. The van der Waals surface area contributed by atoms with Gasteiger partial charge in [-0.15, -0.1) is 0 Å². The minimum atomic E-state index is -0.155. The Kier molecular flexibility index (Phi) is 2.66. The van der Waals surface area contributed by atoms with Gasteiger partial charge in [0.1, 0.15) is 0 Å². The zero-order valence-electron chi connectivity index (χ0n) is 8.01. The summed E-state index contributed by atoms with van der Waals surface area (Å²) in [6.45, 7) is 0.363. The number of aromatic nitrogens is 2. The third-order valence-corrected chi connectivity index (χ3v) is 2.11. The molecule has 0 aliphatic carbocycles. The molecular formula is C10H11N3O2. The van der Waals surface area contributed by atoms with E-state index in [0.717, 1.165) is 11.3 Å². The molecule has 1 heterocycles.